The fourth-order valence-electron chi connectivity index (χ4n) is 2.63. The average molecular weight is 306 g/mol. The molecule has 0 fully saturated rings. The summed E-state index contributed by atoms with van der Waals surface area (Å²) in [6, 6.07) is 4.14. The molecule has 0 radical (unpaired) electrons. The summed E-state index contributed by atoms with van der Waals surface area (Å²) >= 11 is 1.59. The number of hydrogen-bond donors (Lipinski definition) is 2. The Balaban J connectivity index is 1.58. The van der Waals surface area contributed by atoms with Crippen LogP contribution in [0.25, 0.3) is 0 Å². The Labute approximate surface area is 127 Å². The van der Waals surface area contributed by atoms with Gasteiger partial charge in [-0.15, -0.1) is 11.3 Å². The number of aliphatic carboxylic acids is 1. The lowest BCUT2D eigenvalue weighted by atomic mass is 10.1. The Morgan fingerprint density at radius 2 is 2.52 bits per heavy atom. The van der Waals surface area contributed by atoms with Crippen LogP contribution in [-0.4, -0.2) is 22.1 Å². The van der Waals surface area contributed by atoms with Crippen molar-refractivity contribution in [2.45, 2.75) is 44.6 Å². The maximum Gasteiger partial charge on any atom is 0.312 e. The molecular formula is C15H18N2O3S. The second kappa shape index (κ2) is 5.89. The number of carbonyl (C=O) groups is 1. The number of anilines is 1. The summed E-state index contributed by atoms with van der Waals surface area (Å²) in [5.41, 5.74) is 0.758. The lowest BCUT2D eigenvalue weighted by molar-refractivity contribution is -0.138. The third-order valence-corrected chi connectivity index (χ3v) is 4.85. The van der Waals surface area contributed by atoms with Gasteiger partial charge in [-0.05, 0) is 38.3 Å². The summed E-state index contributed by atoms with van der Waals surface area (Å²) in [4.78, 5) is 16.8. The van der Waals surface area contributed by atoms with Gasteiger partial charge < -0.3 is 14.8 Å². The molecule has 2 heterocycles. The topological polar surface area (TPSA) is 75.4 Å². The molecule has 2 N–H and O–H groups in total. The number of rotatable bonds is 6. The summed E-state index contributed by atoms with van der Waals surface area (Å²) in [5, 5.41) is 13.4. The van der Waals surface area contributed by atoms with Gasteiger partial charge in [0.25, 0.3) is 0 Å². The molecule has 112 valence electrons. The van der Waals surface area contributed by atoms with Gasteiger partial charge in [-0.2, -0.15) is 0 Å². The Hall–Kier alpha value is -1.82. The Bertz CT molecular complexity index is 621. The van der Waals surface area contributed by atoms with Gasteiger partial charge in [-0.25, -0.2) is 4.98 Å². The van der Waals surface area contributed by atoms with Gasteiger partial charge in [0.05, 0.1) is 12.0 Å². The molecule has 5 nitrogen and oxygen atoms in total. The number of furan rings is 1. The van der Waals surface area contributed by atoms with E-state index in [1.54, 1.807) is 17.6 Å². The molecule has 0 amide bonds. The van der Waals surface area contributed by atoms with Crippen LogP contribution in [0.2, 0.25) is 0 Å². The fourth-order valence-corrected chi connectivity index (χ4v) is 3.78. The quantitative estimate of drug-likeness (QED) is 0.856. The third-order valence-electron chi connectivity index (χ3n) is 3.79. The number of hydrogen-bond acceptors (Lipinski definition) is 5. The van der Waals surface area contributed by atoms with Crippen LogP contribution >= 0.6 is 11.3 Å². The van der Waals surface area contributed by atoms with Gasteiger partial charge in [0, 0.05) is 17.3 Å². The Morgan fingerprint density at radius 1 is 1.67 bits per heavy atom. The van der Waals surface area contributed by atoms with Crippen molar-refractivity contribution in [1.29, 1.82) is 0 Å². The minimum absolute atomic E-state index is 0.268. The maximum atomic E-state index is 11.2. The van der Waals surface area contributed by atoms with E-state index in [1.165, 1.54) is 0 Å². The molecule has 2 atom stereocenters. The number of carboxylic acids is 1. The molecule has 2 aromatic heterocycles. The van der Waals surface area contributed by atoms with Gasteiger partial charge in [0.1, 0.15) is 11.7 Å². The zero-order valence-electron chi connectivity index (χ0n) is 11.8. The predicted octanol–water partition coefficient (Wildman–Crippen LogP) is 3.28. The normalized spacial score (nSPS) is 18.4. The second-order valence-electron chi connectivity index (χ2n) is 5.42. The van der Waals surface area contributed by atoms with Crippen molar-refractivity contribution >= 4 is 22.4 Å². The van der Waals surface area contributed by atoms with Crippen LogP contribution in [0.3, 0.4) is 0 Å². The monoisotopic (exact) mass is 306 g/mol. The van der Waals surface area contributed by atoms with Crippen LogP contribution < -0.4 is 5.32 Å². The zero-order chi connectivity index (χ0) is 14.8. The van der Waals surface area contributed by atoms with Gasteiger partial charge in [-0.1, -0.05) is 0 Å². The molecular weight excluding hydrogens is 288 g/mol. The molecule has 0 saturated heterocycles. The lowest BCUT2D eigenvalue weighted by Crippen LogP contribution is -2.16. The minimum Gasteiger partial charge on any atom is -0.481 e. The number of thiazole rings is 1. The number of nitrogens with one attached hydrogen (secondary N) is 1. The molecule has 0 saturated carbocycles. The summed E-state index contributed by atoms with van der Waals surface area (Å²) in [7, 11) is 0. The minimum atomic E-state index is -0.767. The van der Waals surface area contributed by atoms with Crippen LogP contribution in [0.1, 0.15) is 42.0 Å². The van der Waals surface area contributed by atoms with E-state index < -0.39 is 11.9 Å². The highest BCUT2D eigenvalue weighted by Crippen LogP contribution is 2.38. The largest absolute Gasteiger partial charge is 0.481 e. The molecule has 21 heavy (non-hydrogen) atoms. The molecule has 2 unspecified atom stereocenters. The van der Waals surface area contributed by atoms with Gasteiger partial charge in [-0.3, -0.25) is 4.79 Å². The molecule has 1 aliphatic carbocycles. The first-order valence-corrected chi connectivity index (χ1v) is 7.96. The van der Waals surface area contributed by atoms with E-state index in [0.29, 0.717) is 6.42 Å². The molecule has 0 bridgehead atoms. The highest BCUT2D eigenvalue weighted by Gasteiger charge is 2.32. The standard InChI is InChI=1S/C15H18N2O3S/c1-9(4-5-10-3-2-8-20-10)16-15-17-13-11(14(18)19)6-7-12(13)21-15/h2-3,8-9,11H,4-7H2,1H3,(H,16,17)(H,18,19). The van der Waals surface area contributed by atoms with Crippen molar-refractivity contribution in [2.75, 3.05) is 5.32 Å². The van der Waals surface area contributed by atoms with Crippen molar-refractivity contribution in [2.24, 2.45) is 0 Å². The summed E-state index contributed by atoms with van der Waals surface area (Å²) in [6.45, 7) is 2.10. The number of nitrogens with zero attached hydrogens (tertiary/aromatic N) is 1. The van der Waals surface area contributed by atoms with E-state index in [2.05, 4.69) is 17.2 Å². The smallest absolute Gasteiger partial charge is 0.312 e. The average Bonchev–Trinajstić information content (AvgIpc) is 3.11. The maximum absolute atomic E-state index is 11.2. The molecule has 6 heteroatoms. The van der Waals surface area contributed by atoms with E-state index in [-0.39, 0.29) is 6.04 Å². The van der Waals surface area contributed by atoms with Gasteiger partial charge in [0.2, 0.25) is 0 Å². The van der Waals surface area contributed by atoms with Crippen molar-refractivity contribution in [3.05, 3.63) is 34.7 Å². The predicted molar refractivity (Wildman–Crippen MR) is 80.9 cm³/mol. The van der Waals surface area contributed by atoms with Crippen molar-refractivity contribution in [3.63, 3.8) is 0 Å². The lowest BCUT2D eigenvalue weighted by Gasteiger charge is -2.12. The molecule has 1 aliphatic rings. The Morgan fingerprint density at radius 3 is 3.24 bits per heavy atom. The van der Waals surface area contributed by atoms with Gasteiger partial charge >= 0.3 is 5.97 Å². The molecule has 0 aromatic carbocycles. The first-order chi connectivity index (χ1) is 10.1. The Kier molecular flexibility index (Phi) is 3.96. The third kappa shape index (κ3) is 3.10. The van der Waals surface area contributed by atoms with Crippen LogP contribution in [0.15, 0.2) is 22.8 Å². The van der Waals surface area contributed by atoms with E-state index in [1.807, 2.05) is 12.1 Å². The number of aromatic nitrogens is 1. The van der Waals surface area contributed by atoms with Gasteiger partial charge in [0.15, 0.2) is 5.13 Å². The van der Waals surface area contributed by atoms with Crippen molar-refractivity contribution in [3.8, 4) is 0 Å². The van der Waals surface area contributed by atoms with E-state index >= 15 is 0 Å². The fraction of sp³-hybridized carbons (Fsp3) is 0.467. The first-order valence-electron chi connectivity index (χ1n) is 7.15. The highest BCUT2D eigenvalue weighted by molar-refractivity contribution is 7.15. The van der Waals surface area contributed by atoms with Crippen LogP contribution in [0.5, 0.6) is 0 Å². The molecule has 0 spiro atoms. The molecule has 0 aliphatic heterocycles. The number of carboxylic acid groups (broad SMARTS) is 1. The SMILES string of the molecule is CC(CCc1ccco1)Nc1nc2c(s1)CCC2C(=O)O. The van der Waals surface area contributed by atoms with Crippen molar-refractivity contribution in [1.82, 2.24) is 4.98 Å². The van der Waals surface area contributed by atoms with E-state index in [9.17, 15) is 9.90 Å². The van der Waals surface area contributed by atoms with Crippen LogP contribution in [-0.2, 0) is 17.6 Å². The van der Waals surface area contributed by atoms with E-state index in [4.69, 9.17) is 4.42 Å². The summed E-state index contributed by atoms with van der Waals surface area (Å²) in [5.74, 6) is -0.210. The zero-order valence-corrected chi connectivity index (χ0v) is 12.7. The van der Waals surface area contributed by atoms with Crippen molar-refractivity contribution < 1.29 is 14.3 Å². The highest BCUT2D eigenvalue weighted by atomic mass is 32.1. The van der Waals surface area contributed by atoms with E-state index in [0.717, 1.165) is 40.7 Å². The van der Waals surface area contributed by atoms with Crippen LogP contribution in [0.4, 0.5) is 5.13 Å². The number of aryl methyl sites for hydroxylation is 2. The summed E-state index contributed by atoms with van der Waals surface area (Å²) < 4.78 is 5.32. The van der Waals surface area contributed by atoms with Crippen LogP contribution in [0, 0.1) is 0 Å². The molecule has 2 aromatic rings. The number of fused-ring (bicyclic) bond motifs is 1. The molecule has 3 rings (SSSR count). The second-order valence-corrected chi connectivity index (χ2v) is 6.50. The first kappa shape index (κ1) is 14.1. The summed E-state index contributed by atoms with van der Waals surface area (Å²) in [6.07, 6.45) is 5.01.